The summed E-state index contributed by atoms with van der Waals surface area (Å²) in [6, 6.07) is 10.4. The van der Waals surface area contributed by atoms with Gasteiger partial charge in [-0.25, -0.2) is 4.98 Å². The fraction of sp³-hybridized carbons (Fsp3) is 0.333. The van der Waals surface area contributed by atoms with Crippen LogP contribution in [0.15, 0.2) is 42.6 Å². The fourth-order valence-corrected chi connectivity index (χ4v) is 3.47. The Balaban J connectivity index is 1.90. The molecule has 0 unspecified atom stereocenters. The van der Waals surface area contributed by atoms with Crippen molar-refractivity contribution in [3.63, 3.8) is 0 Å². The highest BCUT2D eigenvalue weighted by molar-refractivity contribution is 6.04. The number of anilines is 3. The first kappa shape index (κ1) is 23.8. The smallest absolute Gasteiger partial charge is 0.257 e. The van der Waals surface area contributed by atoms with Crippen LogP contribution >= 0.6 is 0 Å². The van der Waals surface area contributed by atoms with E-state index in [9.17, 15) is 14.4 Å². The molecule has 2 aromatic heterocycles. The predicted molar refractivity (Wildman–Crippen MR) is 130 cm³/mol. The van der Waals surface area contributed by atoms with Crippen LogP contribution in [0.25, 0.3) is 5.65 Å². The Kier molecular flexibility index (Phi) is 7.32. The van der Waals surface area contributed by atoms with Gasteiger partial charge in [-0.3, -0.25) is 18.8 Å². The highest BCUT2D eigenvalue weighted by atomic mass is 16.2. The van der Waals surface area contributed by atoms with Crippen molar-refractivity contribution in [1.82, 2.24) is 14.3 Å². The van der Waals surface area contributed by atoms with Crippen LogP contribution in [0.4, 0.5) is 17.2 Å². The number of hydrogen-bond donors (Lipinski definition) is 2. The second-order valence-electron chi connectivity index (χ2n) is 7.90. The number of pyridine rings is 1. The van der Waals surface area contributed by atoms with Crippen molar-refractivity contribution in [2.75, 3.05) is 42.7 Å². The number of carbonyl (C=O) groups excluding carboxylic acids is 3. The van der Waals surface area contributed by atoms with E-state index in [2.05, 4.69) is 10.6 Å². The number of nitrogens with zero attached hydrogens (tertiary/aromatic N) is 4. The van der Waals surface area contributed by atoms with E-state index in [1.807, 2.05) is 23.1 Å². The summed E-state index contributed by atoms with van der Waals surface area (Å²) in [6.07, 6.45) is 2.45. The number of benzene rings is 1. The lowest BCUT2D eigenvalue weighted by molar-refractivity contribution is -0.127. The minimum absolute atomic E-state index is 0.00883. The molecule has 3 amide bonds. The molecule has 33 heavy (non-hydrogen) atoms. The number of hydrogen-bond acceptors (Lipinski definition) is 5. The highest BCUT2D eigenvalue weighted by Gasteiger charge is 2.21. The highest BCUT2D eigenvalue weighted by Crippen LogP contribution is 2.24. The molecule has 0 bridgehead atoms. The van der Waals surface area contributed by atoms with Crippen molar-refractivity contribution in [3.05, 3.63) is 53.9 Å². The van der Waals surface area contributed by atoms with Gasteiger partial charge in [0.15, 0.2) is 0 Å². The zero-order valence-electron chi connectivity index (χ0n) is 19.7. The molecule has 0 saturated heterocycles. The molecule has 9 heteroatoms. The molecule has 0 aliphatic carbocycles. The first-order valence-electron chi connectivity index (χ1n) is 10.9. The van der Waals surface area contributed by atoms with E-state index in [1.165, 1.54) is 6.92 Å². The first-order valence-corrected chi connectivity index (χ1v) is 10.9. The quantitative estimate of drug-likeness (QED) is 0.550. The van der Waals surface area contributed by atoms with Crippen molar-refractivity contribution in [2.24, 2.45) is 0 Å². The van der Waals surface area contributed by atoms with Gasteiger partial charge in [0.05, 0.1) is 17.8 Å². The van der Waals surface area contributed by atoms with E-state index in [1.54, 1.807) is 61.6 Å². The third-order valence-electron chi connectivity index (χ3n) is 5.23. The molecule has 0 saturated carbocycles. The van der Waals surface area contributed by atoms with Gasteiger partial charge in [-0.15, -0.1) is 0 Å². The molecule has 0 aliphatic heterocycles. The van der Waals surface area contributed by atoms with Crippen molar-refractivity contribution in [1.29, 1.82) is 0 Å². The first-order chi connectivity index (χ1) is 15.7. The summed E-state index contributed by atoms with van der Waals surface area (Å²) < 4.78 is 1.88. The molecular weight excluding hydrogens is 420 g/mol. The van der Waals surface area contributed by atoms with Crippen LogP contribution in [0.3, 0.4) is 0 Å². The topological polar surface area (TPSA) is 99.0 Å². The molecule has 0 fully saturated rings. The third-order valence-corrected chi connectivity index (χ3v) is 5.23. The average Bonchev–Trinajstić information content (AvgIpc) is 3.15. The van der Waals surface area contributed by atoms with Crippen LogP contribution in [0.5, 0.6) is 0 Å². The van der Waals surface area contributed by atoms with Crippen molar-refractivity contribution in [2.45, 2.75) is 27.2 Å². The standard InChI is InChI=1S/C24H30N6O3/c1-6-20-24(29(7-2)15-22(32)28(4)5)30-14-17(8-13-21(30)27-20)23(33)26-19-11-9-18(10-12-19)25-16(3)31/h8-14H,6-7,15H2,1-5H3,(H,25,31)(H,26,33). The van der Waals surface area contributed by atoms with Crippen molar-refractivity contribution >= 4 is 40.6 Å². The van der Waals surface area contributed by atoms with Crippen LogP contribution in [-0.4, -0.2) is 59.2 Å². The molecule has 0 spiro atoms. The summed E-state index contributed by atoms with van der Waals surface area (Å²) in [6.45, 7) is 6.29. The molecule has 3 rings (SSSR count). The summed E-state index contributed by atoms with van der Waals surface area (Å²) in [5.74, 6) is 0.385. The number of amides is 3. The van der Waals surface area contributed by atoms with Gasteiger partial charge in [-0.05, 0) is 49.7 Å². The molecular formula is C24H30N6O3. The van der Waals surface area contributed by atoms with Crippen molar-refractivity contribution < 1.29 is 14.4 Å². The second kappa shape index (κ2) is 10.2. The lowest BCUT2D eigenvalue weighted by Crippen LogP contribution is -2.37. The van der Waals surface area contributed by atoms with Gasteiger partial charge in [0.2, 0.25) is 11.8 Å². The molecule has 1 aromatic carbocycles. The zero-order valence-corrected chi connectivity index (χ0v) is 19.7. The normalized spacial score (nSPS) is 10.7. The molecule has 0 atom stereocenters. The Morgan fingerprint density at radius 3 is 2.15 bits per heavy atom. The van der Waals surface area contributed by atoms with E-state index < -0.39 is 0 Å². The van der Waals surface area contributed by atoms with Crippen LogP contribution < -0.4 is 15.5 Å². The van der Waals surface area contributed by atoms with Crippen LogP contribution in [0.1, 0.15) is 36.8 Å². The summed E-state index contributed by atoms with van der Waals surface area (Å²) in [7, 11) is 3.47. The summed E-state index contributed by atoms with van der Waals surface area (Å²) in [5, 5.41) is 5.57. The number of carbonyl (C=O) groups is 3. The van der Waals surface area contributed by atoms with Gasteiger partial charge in [-0.1, -0.05) is 6.92 Å². The molecule has 3 aromatic rings. The Morgan fingerprint density at radius 2 is 1.61 bits per heavy atom. The maximum absolute atomic E-state index is 12.9. The monoisotopic (exact) mass is 450 g/mol. The van der Waals surface area contributed by atoms with Gasteiger partial charge < -0.3 is 20.4 Å². The molecule has 2 heterocycles. The lowest BCUT2D eigenvalue weighted by Gasteiger charge is -2.24. The van der Waals surface area contributed by atoms with E-state index in [4.69, 9.17) is 4.98 Å². The maximum atomic E-state index is 12.9. The average molecular weight is 451 g/mol. The number of aryl methyl sites for hydroxylation is 1. The second-order valence-corrected chi connectivity index (χ2v) is 7.90. The molecule has 174 valence electrons. The Hall–Kier alpha value is -3.88. The Morgan fingerprint density at radius 1 is 0.970 bits per heavy atom. The number of aromatic nitrogens is 2. The predicted octanol–water partition coefficient (Wildman–Crippen LogP) is 3.02. The van der Waals surface area contributed by atoms with Gasteiger partial charge >= 0.3 is 0 Å². The summed E-state index contributed by atoms with van der Waals surface area (Å²) in [5.41, 5.74) is 3.32. The third kappa shape index (κ3) is 5.49. The number of likely N-dealkylation sites (N-methyl/N-ethyl adjacent to an activating group) is 2. The van der Waals surface area contributed by atoms with Crippen molar-refractivity contribution in [3.8, 4) is 0 Å². The Labute approximate surface area is 193 Å². The SMILES string of the molecule is CCc1nc2ccc(C(=O)Nc3ccc(NC(C)=O)cc3)cn2c1N(CC)CC(=O)N(C)C. The van der Waals surface area contributed by atoms with Gasteiger partial charge in [-0.2, -0.15) is 0 Å². The van der Waals surface area contributed by atoms with E-state index in [-0.39, 0.29) is 24.3 Å². The molecule has 0 radical (unpaired) electrons. The van der Waals surface area contributed by atoms with E-state index in [0.29, 0.717) is 35.6 Å². The number of nitrogens with one attached hydrogen (secondary N) is 2. The van der Waals surface area contributed by atoms with Crippen LogP contribution in [-0.2, 0) is 16.0 Å². The summed E-state index contributed by atoms with van der Waals surface area (Å²) in [4.78, 5) is 44.7. The van der Waals surface area contributed by atoms with Gasteiger partial charge in [0.25, 0.3) is 5.91 Å². The minimum atomic E-state index is -0.269. The zero-order chi connectivity index (χ0) is 24.1. The lowest BCUT2D eigenvalue weighted by atomic mass is 10.2. The van der Waals surface area contributed by atoms with E-state index >= 15 is 0 Å². The maximum Gasteiger partial charge on any atom is 0.257 e. The number of imidazole rings is 1. The van der Waals surface area contributed by atoms with Crippen LogP contribution in [0, 0.1) is 0 Å². The number of rotatable bonds is 8. The number of fused-ring (bicyclic) bond motifs is 1. The molecule has 9 nitrogen and oxygen atoms in total. The fourth-order valence-electron chi connectivity index (χ4n) is 3.47. The van der Waals surface area contributed by atoms with Gasteiger partial charge in [0.1, 0.15) is 11.5 Å². The molecule has 2 N–H and O–H groups in total. The largest absolute Gasteiger partial charge is 0.347 e. The minimum Gasteiger partial charge on any atom is -0.347 e. The van der Waals surface area contributed by atoms with Gasteiger partial charge in [0, 0.05) is 45.1 Å². The molecule has 0 aliphatic rings. The summed E-state index contributed by atoms with van der Waals surface area (Å²) >= 11 is 0. The Bertz CT molecular complexity index is 1170. The van der Waals surface area contributed by atoms with Crippen LogP contribution in [0.2, 0.25) is 0 Å². The van der Waals surface area contributed by atoms with E-state index in [0.717, 1.165) is 11.5 Å².